The van der Waals surface area contributed by atoms with Gasteiger partial charge in [-0.3, -0.25) is 0 Å². The number of rotatable bonds is 3. The summed E-state index contributed by atoms with van der Waals surface area (Å²) in [6, 6.07) is 10.4. The van der Waals surface area contributed by atoms with Gasteiger partial charge in [0.2, 0.25) is 0 Å². The van der Waals surface area contributed by atoms with Gasteiger partial charge in [-0.25, -0.2) is 4.98 Å². The van der Waals surface area contributed by atoms with Gasteiger partial charge in [-0.2, -0.15) is 5.26 Å². The van der Waals surface area contributed by atoms with Crippen molar-refractivity contribution in [2.75, 3.05) is 5.73 Å². The summed E-state index contributed by atoms with van der Waals surface area (Å²) < 4.78 is 0. The summed E-state index contributed by atoms with van der Waals surface area (Å²) in [7, 11) is 0. The summed E-state index contributed by atoms with van der Waals surface area (Å²) in [5.74, 6) is 0.320. The quantitative estimate of drug-likeness (QED) is 0.918. The van der Waals surface area contributed by atoms with E-state index in [2.05, 4.69) is 30.1 Å². The molecule has 0 saturated carbocycles. The Morgan fingerprint density at radius 2 is 1.85 bits per heavy atom. The van der Waals surface area contributed by atoms with Gasteiger partial charge >= 0.3 is 0 Å². The number of pyridine rings is 1. The van der Waals surface area contributed by atoms with Crippen LogP contribution in [0, 0.1) is 25.2 Å². The van der Waals surface area contributed by atoms with Gasteiger partial charge in [0.25, 0.3) is 0 Å². The molecule has 2 aromatic rings. The first-order chi connectivity index (χ1) is 9.58. The van der Waals surface area contributed by atoms with E-state index in [1.54, 1.807) is 0 Å². The molecule has 1 aromatic carbocycles. The van der Waals surface area contributed by atoms with E-state index >= 15 is 0 Å². The standard InChI is InChI=1S/C17H19N3/c1-4-5-14-12(3)20-17(19)15(10-18)16(14)13-8-6-11(2)7-9-13/h6-9H,4-5H2,1-3H3,(H2,19,20). The Hall–Kier alpha value is -2.34. The van der Waals surface area contributed by atoms with E-state index in [1.807, 2.05) is 26.0 Å². The Balaban J connectivity index is 2.77. The second kappa shape index (κ2) is 5.75. The van der Waals surface area contributed by atoms with Crippen molar-refractivity contribution in [3.8, 4) is 17.2 Å². The molecular formula is C17H19N3. The van der Waals surface area contributed by atoms with Gasteiger partial charge in [0.1, 0.15) is 17.5 Å². The van der Waals surface area contributed by atoms with Gasteiger partial charge in [0.05, 0.1) is 0 Å². The van der Waals surface area contributed by atoms with E-state index < -0.39 is 0 Å². The second-order valence-corrected chi connectivity index (χ2v) is 5.04. The Morgan fingerprint density at radius 3 is 2.40 bits per heavy atom. The minimum absolute atomic E-state index is 0.320. The van der Waals surface area contributed by atoms with Crippen molar-refractivity contribution >= 4 is 5.82 Å². The Morgan fingerprint density at radius 1 is 1.20 bits per heavy atom. The Labute approximate surface area is 120 Å². The predicted octanol–water partition coefficient (Wildman–Crippen LogP) is 3.77. The fourth-order valence-corrected chi connectivity index (χ4v) is 2.47. The van der Waals surface area contributed by atoms with Crippen LogP contribution in [-0.4, -0.2) is 4.98 Å². The predicted molar refractivity (Wildman–Crippen MR) is 82.3 cm³/mol. The number of benzene rings is 1. The van der Waals surface area contributed by atoms with Gasteiger partial charge in [0, 0.05) is 11.3 Å². The summed E-state index contributed by atoms with van der Waals surface area (Å²) in [5, 5.41) is 9.43. The smallest absolute Gasteiger partial charge is 0.142 e. The highest BCUT2D eigenvalue weighted by atomic mass is 14.8. The van der Waals surface area contributed by atoms with Gasteiger partial charge in [0.15, 0.2) is 0 Å². The second-order valence-electron chi connectivity index (χ2n) is 5.04. The minimum atomic E-state index is 0.320. The van der Waals surface area contributed by atoms with Crippen LogP contribution in [0.4, 0.5) is 5.82 Å². The maximum Gasteiger partial charge on any atom is 0.142 e. The summed E-state index contributed by atoms with van der Waals surface area (Å²) in [6.07, 6.45) is 1.91. The first-order valence-electron chi connectivity index (χ1n) is 6.84. The molecule has 2 N–H and O–H groups in total. The maximum atomic E-state index is 9.43. The third-order valence-electron chi connectivity index (χ3n) is 3.48. The van der Waals surface area contributed by atoms with Crippen molar-refractivity contribution < 1.29 is 0 Å². The van der Waals surface area contributed by atoms with Crippen LogP contribution in [0.15, 0.2) is 24.3 Å². The number of anilines is 1. The number of aryl methyl sites for hydroxylation is 2. The van der Waals surface area contributed by atoms with E-state index in [0.717, 1.165) is 35.2 Å². The topological polar surface area (TPSA) is 62.7 Å². The minimum Gasteiger partial charge on any atom is -0.383 e. The highest BCUT2D eigenvalue weighted by Crippen LogP contribution is 2.32. The van der Waals surface area contributed by atoms with E-state index in [4.69, 9.17) is 5.73 Å². The summed E-state index contributed by atoms with van der Waals surface area (Å²) in [4.78, 5) is 4.32. The molecule has 2 rings (SSSR count). The fourth-order valence-electron chi connectivity index (χ4n) is 2.47. The summed E-state index contributed by atoms with van der Waals surface area (Å²) in [5.41, 5.74) is 11.6. The zero-order chi connectivity index (χ0) is 14.7. The average Bonchev–Trinajstić information content (AvgIpc) is 2.42. The number of aromatic nitrogens is 1. The third-order valence-corrected chi connectivity index (χ3v) is 3.48. The lowest BCUT2D eigenvalue weighted by molar-refractivity contribution is 0.901. The normalized spacial score (nSPS) is 10.3. The van der Waals surface area contributed by atoms with Crippen molar-refractivity contribution in [1.29, 1.82) is 5.26 Å². The van der Waals surface area contributed by atoms with Crippen molar-refractivity contribution in [3.63, 3.8) is 0 Å². The summed E-state index contributed by atoms with van der Waals surface area (Å²) in [6.45, 7) is 6.13. The third kappa shape index (κ3) is 2.50. The molecule has 20 heavy (non-hydrogen) atoms. The van der Waals surface area contributed by atoms with E-state index in [9.17, 15) is 5.26 Å². The largest absolute Gasteiger partial charge is 0.383 e. The number of nitrogen functional groups attached to an aromatic ring is 1. The van der Waals surface area contributed by atoms with Gasteiger partial charge in [-0.1, -0.05) is 43.2 Å². The fraction of sp³-hybridized carbons (Fsp3) is 0.294. The Bertz CT molecular complexity index is 664. The van der Waals surface area contributed by atoms with Crippen LogP contribution >= 0.6 is 0 Å². The molecule has 1 aromatic heterocycles. The molecular weight excluding hydrogens is 246 g/mol. The molecule has 3 nitrogen and oxygen atoms in total. The molecule has 0 radical (unpaired) electrons. The molecule has 0 aliphatic rings. The molecule has 102 valence electrons. The number of nitriles is 1. The Kier molecular flexibility index (Phi) is 4.05. The van der Waals surface area contributed by atoms with Gasteiger partial charge in [-0.15, -0.1) is 0 Å². The number of nitrogens with zero attached hydrogens (tertiary/aromatic N) is 2. The maximum absolute atomic E-state index is 9.43. The molecule has 0 aliphatic heterocycles. The zero-order valence-corrected chi connectivity index (χ0v) is 12.2. The van der Waals surface area contributed by atoms with Crippen molar-refractivity contribution in [2.45, 2.75) is 33.6 Å². The number of hydrogen-bond acceptors (Lipinski definition) is 3. The van der Waals surface area contributed by atoms with Gasteiger partial charge in [-0.05, 0) is 31.4 Å². The molecule has 0 amide bonds. The molecule has 0 atom stereocenters. The zero-order valence-electron chi connectivity index (χ0n) is 12.2. The average molecular weight is 265 g/mol. The monoisotopic (exact) mass is 265 g/mol. The lowest BCUT2D eigenvalue weighted by Gasteiger charge is -2.15. The van der Waals surface area contributed by atoms with Crippen LogP contribution in [0.2, 0.25) is 0 Å². The van der Waals surface area contributed by atoms with Crippen molar-refractivity contribution in [3.05, 3.63) is 46.6 Å². The molecule has 0 saturated heterocycles. The lowest BCUT2D eigenvalue weighted by Crippen LogP contribution is -2.05. The lowest BCUT2D eigenvalue weighted by atomic mass is 9.91. The SMILES string of the molecule is CCCc1c(C)nc(N)c(C#N)c1-c1ccc(C)cc1. The first kappa shape index (κ1) is 14.1. The van der Waals surface area contributed by atoms with Gasteiger partial charge < -0.3 is 5.73 Å². The van der Waals surface area contributed by atoms with Crippen LogP contribution in [-0.2, 0) is 6.42 Å². The molecule has 0 bridgehead atoms. The molecule has 3 heteroatoms. The van der Waals surface area contributed by atoms with Crippen molar-refractivity contribution in [2.24, 2.45) is 0 Å². The molecule has 1 heterocycles. The molecule has 0 unspecified atom stereocenters. The first-order valence-corrected chi connectivity index (χ1v) is 6.84. The molecule has 0 fully saturated rings. The molecule has 0 spiro atoms. The number of hydrogen-bond donors (Lipinski definition) is 1. The van der Waals surface area contributed by atoms with E-state index in [-0.39, 0.29) is 0 Å². The van der Waals surface area contributed by atoms with E-state index in [0.29, 0.717) is 11.4 Å². The van der Waals surface area contributed by atoms with Crippen molar-refractivity contribution in [1.82, 2.24) is 4.98 Å². The number of nitrogens with two attached hydrogens (primary N) is 1. The highest BCUT2D eigenvalue weighted by molar-refractivity contribution is 5.79. The molecule has 0 aliphatic carbocycles. The van der Waals surface area contributed by atoms with Crippen LogP contribution in [0.3, 0.4) is 0 Å². The van der Waals surface area contributed by atoms with Crippen LogP contribution in [0.5, 0.6) is 0 Å². The van der Waals surface area contributed by atoms with Crippen LogP contribution < -0.4 is 5.73 Å². The van der Waals surface area contributed by atoms with E-state index in [1.165, 1.54) is 5.56 Å². The van der Waals surface area contributed by atoms with Crippen LogP contribution in [0.1, 0.15) is 35.7 Å². The van der Waals surface area contributed by atoms with Crippen LogP contribution in [0.25, 0.3) is 11.1 Å². The highest BCUT2D eigenvalue weighted by Gasteiger charge is 2.17. The summed E-state index contributed by atoms with van der Waals surface area (Å²) >= 11 is 0.